The van der Waals surface area contributed by atoms with E-state index in [1.807, 2.05) is 24.3 Å². The van der Waals surface area contributed by atoms with Gasteiger partial charge in [-0.1, -0.05) is 12.5 Å². The van der Waals surface area contributed by atoms with Crippen LogP contribution >= 0.6 is 0 Å². The maximum atomic E-state index is 9.57. The third-order valence-electron chi connectivity index (χ3n) is 4.18. The molecule has 4 rings (SSSR count). The standard InChI is InChI=1S/C17H16N4O2.BrH/c18-10-13(8-12-5-6-14-15(9-12)23-11-22-14)17-20-19-16-4-2-1-3-7-21(16)17;/h5-6,8-9H,1-4,7,11H2;1H/p-1/b13-8-;. The molecular formula is C17H16BrN4O2-. The number of allylic oxidation sites excluding steroid dienone is 1. The van der Waals surface area contributed by atoms with Crippen LogP contribution in [0, 0.1) is 11.3 Å². The monoisotopic (exact) mass is 387 g/mol. The molecule has 2 aromatic rings. The Morgan fingerprint density at radius 1 is 1.17 bits per heavy atom. The van der Waals surface area contributed by atoms with Crippen molar-refractivity contribution < 1.29 is 26.5 Å². The van der Waals surface area contributed by atoms with Gasteiger partial charge >= 0.3 is 0 Å². The van der Waals surface area contributed by atoms with Crippen LogP contribution in [-0.2, 0) is 13.0 Å². The topological polar surface area (TPSA) is 73.0 Å². The summed E-state index contributed by atoms with van der Waals surface area (Å²) in [5.41, 5.74) is 1.40. The van der Waals surface area contributed by atoms with Crippen molar-refractivity contribution in [1.82, 2.24) is 14.8 Å². The molecule has 2 aliphatic rings. The Kier molecular flexibility index (Phi) is 4.86. The highest BCUT2D eigenvalue weighted by Gasteiger charge is 2.18. The first-order valence-corrected chi connectivity index (χ1v) is 7.79. The maximum Gasteiger partial charge on any atom is 0.231 e. The number of fused-ring (bicyclic) bond motifs is 2. The smallest absolute Gasteiger partial charge is 0.231 e. The van der Waals surface area contributed by atoms with Crippen LogP contribution < -0.4 is 26.5 Å². The summed E-state index contributed by atoms with van der Waals surface area (Å²) in [4.78, 5) is 0. The molecule has 0 N–H and O–H groups in total. The molecule has 0 spiro atoms. The lowest BCUT2D eigenvalue weighted by molar-refractivity contribution is -0.00000650. The van der Waals surface area contributed by atoms with Crippen LogP contribution in [0.25, 0.3) is 11.6 Å². The molecule has 0 atom stereocenters. The summed E-state index contributed by atoms with van der Waals surface area (Å²) in [6, 6.07) is 7.89. The van der Waals surface area contributed by atoms with Crippen molar-refractivity contribution in [3.05, 3.63) is 35.4 Å². The predicted octanol–water partition coefficient (Wildman–Crippen LogP) is -0.199. The number of hydrogen-bond donors (Lipinski definition) is 0. The van der Waals surface area contributed by atoms with E-state index in [1.165, 1.54) is 6.42 Å². The Balaban J connectivity index is 0.00000169. The first-order valence-electron chi connectivity index (χ1n) is 7.79. The summed E-state index contributed by atoms with van der Waals surface area (Å²) in [6.07, 6.45) is 6.17. The summed E-state index contributed by atoms with van der Waals surface area (Å²) < 4.78 is 12.8. The van der Waals surface area contributed by atoms with Crippen LogP contribution in [0.15, 0.2) is 18.2 Å². The number of nitrogens with zero attached hydrogens (tertiary/aromatic N) is 4. The molecule has 0 amide bonds. The Morgan fingerprint density at radius 3 is 2.92 bits per heavy atom. The minimum atomic E-state index is 0. The van der Waals surface area contributed by atoms with Crippen molar-refractivity contribution in [1.29, 1.82) is 5.26 Å². The average Bonchev–Trinajstić information content (AvgIpc) is 3.13. The normalized spacial score (nSPS) is 15.9. The van der Waals surface area contributed by atoms with Gasteiger partial charge in [-0.2, -0.15) is 5.26 Å². The van der Waals surface area contributed by atoms with Crippen LogP contribution in [-0.4, -0.2) is 21.6 Å². The molecule has 124 valence electrons. The predicted molar refractivity (Wildman–Crippen MR) is 83.6 cm³/mol. The van der Waals surface area contributed by atoms with Crippen LogP contribution in [0.1, 0.15) is 36.5 Å². The maximum absolute atomic E-state index is 9.57. The summed E-state index contributed by atoms with van der Waals surface area (Å²) in [5, 5.41) is 18.1. The van der Waals surface area contributed by atoms with E-state index >= 15 is 0 Å². The Morgan fingerprint density at radius 2 is 2.04 bits per heavy atom. The van der Waals surface area contributed by atoms with Gasteiger partial charge in [0.15, 0.2) is 17.3 Å². The number of halogens is 1. The molecule has 24 heavy (non-hydrogen) atoms. The van der Waals surface area contributed by atoms with Crippen LogP contribution in [0.3, 0.4) is 0 Å². The minimum Gasteiger partial charge on any atom is -1.00 e. The number of aryl methyl sites for hydroxylation is 1. The van der Waals surface area contributed by atoms with Crippen molar-refractivity contribution in [2.75, 3.05) is 6.79 Å². The average molecular weight is 388 g/mol. The third-order valence-corrected chi connectivity index (χ3v) is 4.18. The van der Waals surface area contributed by atoms with Crippen LogP contribution in [0.4, 0.5) is 0 Å². The molecule has 0 unspecified atom stereocenters. The molecule has 0 saturated carbocycles. The van der Waals surface area contributed by atoms with Gasteiger partial charge in [0.05, 0.1) is 5.57 Å². The van der Waals surface area contributed by atoms with Crippen molar-refractivity contribution in [2.24, 2.45) is 0 Å². The fourth-order valence-electron chi connectivity index (χ4n) is 3.00. The summed E-state index contributed by atoms with van der Waals surface area (Å²) in [5.74, 6) is 3.07. The third kappa shape index (κ3) is 3.02. The lowest BCUT2D eigenvalue weighted by Gasteiger charge is -2.06. The van der Waals surface area contributed by atoms with E-state index in [9.17, 15) is 5.26 Å². The van der Waals surface area contributed by atoms with Gasteiger partial charge in [-0.05, 0) is 36.6 Å². The zero-order valence-electron chi connectivity index (χ0n) is 13.0. The molecule has 0 fully saturated rings. The van der Waals surface area contributed by atoms with Gasteiger partial charge in [0.25, 0.3) is 0 Å². The van der Waals surface area contributed by atoms with Gasteiger partial charge in [0.2, 0.25) is 6.79 Å². The van der Waals surface area contributed by atoms with Crippen molar-refractivity contribution >= 4 is 11.6 Å². The fraction of sp³-hybridized carbons (Fsp3) is 0.353. The molecule has 0 radical (unpaired) electrons. The zero-order chi connectivity index (χ0) is 15.6. The van der Waals surface area contributed by atoms with Gasteiger partial charge in [-0.3, -0.25) is 0 Å². The van der Waals surface area contributed by atoms with E-state index in [-0.39, 0.29) is 23.8 Å². The number of rotatable bonds is 2. The highest BCUT2D eigenvalue weighted by molar-refractivity contribution is 5.87. The summed E-state index contributed by atoms with van der Waals surface area (Å²) in [7, 11) is 0. The molecule has 3 heterocycles. The number of nitriles is 1. The summed E-state index contributed by atoms with van der Waals surface area (Å²) in [6.45, 7) is 1.11. The number of ether oxygens (including phenoxy) is 2. The molecule has 7 heteroatoms. The molecule has 1 aromatic carbocycles. The van der Waals surface area contributed by atoms with E-state index < -0.39 is 0 Å². The molecule has 0 aliphatic carbocycles. The van der Waals surface area contributed by atoms with E-state index in [1.54, 1.807) is 0 Å². The summed E-state index contributed by atoms with van der Waals surface area (Å²) >= 11 is 0. The zero-order valence-corrected chi connectivity index (χ0v) is 14.6. The van der Waals surface area contributed by atoms with Gasteiger partial charge in [-0.25, -0.2) is 0 Å². The molecule has 6 nitrogen and oxygen atoms in total. The highest BCUT2D eigenvalue weighted by atomic mass is 79.9. The van der Waals surface area contributed by atoms with Gasteiger partial charge < -0.3 is 31.0 Å². The quantitative estimate of drug-likeness (QED) is 0.667. The van der Waals surface area contributed by atoms with Crippen LogP contribution in [0.5, 0.6) is 11.5 Å². The largest absolute Gasteiger partial charge is 1.00 e. The molecule has 0 bridgehead atoms. The van der Waals surface area contributed by atoms with Crippen LogP contribution in [0.2, 0.25) is 0 Å². The van der Waals surface area contributed by atoms with Gasteiger partial charge in [0.1, 0.15) is 11.9 Å². The second-order valence-electron chi connectivity index (χ2n) is 5.68. The van der Waals surface area contributed by atoms with Crippen molar-refractivity contribution in [2.45, 2.75) is 32.2 Å². The second kappa shape index (κ2) is 7.05. The van der Waals surface area contributed by atoms with E-state index in [2.05, 4.69) is 20.8 Å². The lowest BCUT2D eigenvalue weighted by Crippen LogP contribution is -3.00. The Labute approximate surface area is 150 Å². The SMILES string of the molecule is N#C/C(=C/c1ccc2c(c1)OCO2)c1nnc2n1CCCCC2.[Br-]. The highest BCUT2D eigenvalue weighted by Crippen LogP contribution is 2.33. The fourth-order valence-corrected chi connectivity index (χ4v) is 3.00. The van der Waals surface area contributed by atoms with Crippen molar-refractivity contribution in [3.63, 3.8) is 0 Å². The van der Waals surface area contributed by atoms with Gasteiger partial charge in [0, 0.05) is 13.0 Å². The van der Waals surface area contributed by atoms with E-state index in [0.717, 1.165) is 42.9 Å². The lowest BCUT2D eigenvalue weighted by atomic mass is 10.1. The molecular weight excluding hydrogens is 372 g/mol. The first kappa shape index (κ1) is 16.5. The second-order valence-corrected chi connectivity index (χ2v) is 5.68. The first-order chi connectivity index (χ1) is 11.3. The molecule has 1 aromatic heterocycles. The van der Waals surface area contributed by atoms with E-state index in [4.69, 9.17) is 9.47 Å². The molecule has 0 saturated heterocycles. The van der Waals surface area contributed by atoms with E-state index in [0.29, 0.717) is 17.1 Å². The Bertz CT molecular complexity index is 822. The number of aromatic nitrogens is 3. The minimum absolute atomic E-state index is 0. The number of hydrogen-bond acceptors (Lipinski definition) is 5. The van der Waals surface area contributed by atoms with Gasteiger partial charge in [-0.15, -0.1) is 10.2 Å². The Hall–Kier alpha value is -2.33. The van der Waals surface area contributed by atoms with Crippen molar-refractivity contribution in [3.8, 4) is 17.6 Å². The number of benzene rings is 1. The molecule has 2 aliphatic heterocycles.